The third-order valence-corrected chi connectivity index (χ3v) is 6.75. The molecule has 3 atom stereocenters. The van der Waals surface area contributed by atoms with Gasteiger partial charge < -0.3 is 14.6 Å². The molecule has 1 aromatic heterocycles. The lowest BCUT2D eigenvalue weighted by molar-refractivity contribution is -0.894. The number of aromatic nitrogens is 2. The number of quaternary nitrogens is 1. The molecule has 0 aromatic carbocycles. The molecule has 2 rings (SSSR count). The first-order chi connectivity index (χ1) is 11.2. The molecule has 136 valence electrons. The summed E-state index contributed by atoms with van der Waals surface area (Å²) in [6, 6.07) is -0.176. The van der Waals surface area contributed by atoms with E-state index in [4.69, 9.17) is 4.42 Å². The number of carbonyl (C=O) groups excluding carboxylic acids is 1. The Bertz CT molecular complexity index is 674. The standard InChI is InChI=1S/C14H24N4O4S2/c1-5-11(18(3)4)13-16-17-14(22-13)23-9(2)12(19)15-10-6-7-24(20,21)8-10/h9-11H,5-8H2,1-4H3,(H,15,19)/p+1/t9-,10-,11+/m1/s1. The second-order valence-corrected chi connectivity index (χ2v) is 9.83. The molecular weight excluding hydrogens is 352 g/mol. The number of nitrogens with one attached hydrogen (secondary N) is 2. The highest BCUT2D eigenvalue weighted by atomic mass is 32.2. The van der Waals surface area contributed by atoms with Gasteiger partial charge in [-0.05, 0) is 13.3 Å². The predicted molar refractivity (Wildman–Crippen MR) is 90.7 cm³/mol. The summed E-state index contributed by atoms with van der Waals surface area (Å²) in [5, 5.41) is 10.8. The number of sulfone groups is 1. The van der Waals surface area contributed by atoms with E-state index in [1.807, 2.05) is 14.1 Å². The van der Waals surface area contributed by atoms with Gasteiger partial charge >= 0.3 is 0 Å². The van der Waals surface area contributed by atoms with Crippen molar-refractivity contribution in [3.05, 3.63) is 5.89 Å². The van der Waals surface area contributed by atoms with Gasteiger partial charge in [-0.2, -0.15) is 0 Å². The molecule has 1 saturated heterocycles. The van der Waals surface area contributed by atoms with Crippen LogP contribution in [-0.2, 0) is 14.6 Å². The molecule has 1 aliphatic rings. The van der Waals surface area contributed by atoms with E-state index in [0.717, 1.165) is 6.42 Å². The summed E-state index contributed by atoms with van der Waals surface area (Å²) in [5.74, 6) is 0.504. The van der Waals surface area contributed by atoms with E-state index in [0.29, 0.717) is 17.5 Å². The average Bonchev–Trinajstić information content (AvgIpc) is 3.06. The summed E-state index contributed by atoms with van der Waals surface area (Å²) >= 11 is 1.18. The first-order valence-electron chi connectivity index (χ1n) is 8.02. The molecule has 1 aromatic rings. The SMILES string of the molecule is CC[C@@H](c1nnc(S[C@H](C)C(=O)N[C@@H]2CCS(=O)(=O)C2)o1)[NH+](C)C. The van der Waals surface area contributed by atoms with Crippen molar-refractivity contribution in [2.45, 2.75) is 49.2 Å². The molecule has 10 heteroatoms. The van der Waals surface area contributed by atoms with Gasteiger partial charge in [0.05, 0.1) is 30.9 Å². The van der Waals surface area contributed by atoms with Crippen LogP contribution in [0.15, 0.2) is 9.64 Å². The maximum absolute atomic E-state index is 12.2. The van der Waals surface area contributed by atoms with Crippen LogP contribution in [0.4, 0.5) is 0 Å². The van der Waals surface area contributed by atoms with E-state index in [9.17, 15) is 13.2 Å². The number of hydrogen-bond acceptors (Lipinski definition) is 7. The number of thioether (sulfide) groups is 1. The predicted octanol–water partition coefficient (Wildman–Crippen LogP) is -0.551. The molecule has 0 spiro atoms. The van der Waals surface area contributed by atoms with Crippen LogP contribution in [0.3, 0.4) is 0 Å². The molecule has 0 aliphatic carbocycles. The Kier molecular flexibility index (Phi) is 6.27. The lowest BCUT2D eigenvalue weighted by atomic mass is 10.2. The van der Waals surface area contributed by atoms with E-state index in [-0.39, 0.29) is 29.5 Å². The minimum Gasteiger partial charge on any atom is -0.410 e. The lowest BCUT2D eigenvalue weighted by Gasteiger charge is -2.15. The zero-order chi connectivity index (χ0) is 17.9. The highest BCUT2D eigenvalue weighted by Crippen LogP contribution is 2.24. The van der Waals surface area contributed by atoms with Gasteiger partial charge in [0.25, 0.3) is 11.1 Å². The van der Waals surface area contributed by atoms with Gasteiger partial charge in [0.1, 0.15) is 0 Å². The van der Waals surface area contributed by atoms with Crippen molar-refractivity contribution in [1.82, 2.24) is 15.5 Å². The fourth-order valence-corrected chi connectivity index (χ4v) is 5.04. The summed E-state index contributed by atoms with van der Waals surface area (Å²) in [5.41, 5.74) is 0. The van der Waals surface area contributed by atoms with Gasteiger partial charge in [0, 0.05) is 12.5 Å². The minimum atomic E-state index is -3.01. The third kappa shape index (κ3) is 4.93. The number of hydrogen-bond donors (Lipinski definition) is 2. The maximum atomic E-state index is 12.2. The topological polar surface area (TPSA) is 107 Å². The van der Waals surface area contributed by atoms with Gasteiger partial charge in [0.2, 0.25) is 5.91 Å². The fourth-order valence-electron chi connectivity index (χ4n) is 2.67. The molecule has 2 heterocycles. The number of rotatable bonds is 7. The Morgan fingerprint density at radius 2 is 2.17 bits per heavy atom. The van der Waals surface area contributed by atoms with Crippen molar-refractivity contribution in [2.75, 3.05) is 25.6 Å². The van der Waals surface area contributed by atoms with Gasteiger partial charge in [-0.3, -0.25) is 4.79 Å². The summed E-state index contributed by atoms with van der Waals surface area (Å²) in [6.07, 6.45) is 1.35. The van der Waals surface area contributed by atoms with Crippen LogP contribution in [0.25, 0.3) is 0 Å². The van der Waals surface area contributed by atoms with Crippen LogP contribution in [0, 0.1) is 0 Å². The van der Waals surface area contributed by atoms with E-state index in [2.05, 4.69) is 22.4 Å². The lowest BCUT2D eigenvalue weighted by Crippen LogP contribution is -3.06. The first kappa shape index (κ1) is 19.2. The maximum Gasteiger partial charge on any atom is 0.277 e. The molecular formula is C14H25N4O4S2+. The van der Waals surface area contributed by atoms with E-state index in [1.165, 1.54) is 16.7 Å². The summed E-state index contributed by atoms with van der Waals surface area (Å²) < 4.78 is 28.5. The normalized spacial score (nSPS) is 22.5. The molecule has 1 aliphatic heterocycles. The van der Waals surface area contributed by atoms with Crippen LogP contribution in [-0.4, -0.2) is 61.4 Å². The average molecular weight is 378 g/mol. The van der Waals surface area contributed by atoms with Crippen molar-refractivity contribution >= 4 is 27.5 Å². The Morgan fingerprint density at radius 1 is 1.46 bits per heavy atom. The Balaban J connectivity index is 1.91. The minimum absolute atomic E-state index is 0.0185. The largest absolute Gasteiger partial charge is 0.410 e. The second kappa shape index (κ2) is 7.83. The van der Waals surface area contributed by atoms with Crippen LogP contribution < -0.4 is 10.2 Å². The Hall–Kier alpha value is -1.13. The highest BCUT2D eigenvalue weighted by molar-refractivity contribution is 8.00. The smallest absolute Gasteiger partial charge is 0.277 e. The molecule has 0 saturated carbocycles. The Labute approximate surface area is 146 Å². The number of amides is 1. The van der Waals surface area contributed by atoms with Gasteiger partial charge in [0.15, 0.2) is 15.9 Å². The van der Waals surface area contributed by atoms with Crippen LogP contribution in [0.1, 0.15) is 38.6 Å². The van der Waals surface area contributed by atoms with Crippen molar-refractivity contribution < 1.29 is 22.5 Å². The molecule has 0 radical (unpaired) electrons. The molecule has 0 unspecified atom stereocenters. The Morgan fingerprint density at radius 3 is 2.71 bits per heavy atom. The zero-order valence-corrected chi connectivity index (χ0v) is 16.0. The van der Waals surface area contributed by atoms with Gasteiger partial charge in [-0.25, -0.2) is 8.42 Å². The van der Waals surface area contributed by atoms with Crippen LogP contribution in [0.5, 0.6) is 0 Å². The number of nitrogens with zero attached hydrogens (tertiary/aromatic N) is 2. The van der Waals surface area contributed by atoms with Crippen molar-refractivity contribution in [2.24, 2.45) is 0 Å². The van der Waals surface area contributed by atoms with Gasteiger partial charge in [-0.1, -0.05) is 18.7 Å². The fraction of sp³-hybridized carbons (Fsp3) is 0.786. The van der Waals surface area contributed by atoms with Gasteiger partial charge in [-0.15, -0.1) is 10.2 Å². The number of carbonyl (C=O) groups is 1. The van der Waals surface area contributed by atoms with E-state index < -0.39 is 15.1 Å². The molecule has 1 amide bonds. The zero-order valence-electron chi connectivity index (χ0n) is 14.4. The molecule has 2 N–H and O–H groups in total. The van der Waals surface area contributed by atoms with E-state index in [1.54, 1.807) is 6.92 Å². The van der Waals surface area contributed by atoms with Crippen molar-refractivity contribution in [3.63, 3.8) is 0 Å². The quantitative estimate of drug-likeness (QED) is 0.614. The van der Waals surface area contributed by atoms with E-state index >= 15 is 0 Å². The summed E-state index contributed by atoms with van der Waals surface area (Å²) in [6.45, 7) is 3.79. The molecule has 8 nitrogen and oxygen atoms in total. The third-order valence-electron chi connectivity index (χ3n) is 4.05. The monoisotopic (exact) mass is 377 g/mol. The summed E-state index contributed by atoms with van der Waals surface area (Å²) in [4.78, 5) is 13.4. The van der Waals surface area contributed by atoms with Crippen LogP contribution >= 0.6 is 11.8 Å². The molecule has 1 fully saturated rings. The molecule has 24 heavy (non-hydrogen) atoms. The van der Waals surface area contributed by atoms with Crippen molar-refractivity contribution in [1.29, 1.82) is 0 Å². The highest BCUT2D eigenvalue weighted by Gasteiger charge is 2.31. The first-order valence-corrected chi connectivity index (χ1v) is 10.7. The van der Waals surface area contributed by atoms with Crippen molar-refractivity contribution in [3.8, 4) is 0 Å². The van der Waals surface area contributed by atoms with Crippen LogP contribution in [0.2, 0.25) is 0 Å². The summed E-state index contributed by atoms with van der Waals surface area (Å²) in [7, 11) is 1.04. The second-order valence-electron chi connectivity index (χ2n) is 6.31. The molecule has 0 bridgehead atoms.